The predicted molar refractivity (Wildman–Crippen MR) is 403 cm³/mol. The third kappa shape index (κ3) is 13.7. The summed E-state index contributed by atoms with van der Waals surface area (Å²) in [7, 11) is -9.24. The normalized spacial score (nSPS) is 13.5. The van der Waals surface area contributed by atoms with E-state index in [1.165, 1.54) is 44.5 Å². The third-order valence-electron chi connectivity index (χ3n) is 22.4. The van der Waals surface area contributed by atoms with Crippen molar-refractivity contribution in [3.05, 3.63) is 67.3 Å². The molecular weight excluding hydrogens is 1190 g/mol. The van der Waals surface area contributed by atoms with E-state index < -0.39 is 32.3 Å². The second kappa shape index (κ2) is 31.5. The topological polar surface area (TPSA) is 54.0 Å². The van der Waals surface area contributed by atoms with Crippen LogP contribution in [-0.2, 0) is 45.2 Å². The number of rotatable bonds is 20. The average molecular weight is 1320 g/mol. The van der Waals surface area contributed by atoms with E-state index in [2.05, 4.69) is 267 Å². The molecule has 0 N–H and O–H groups in total. The van der Waals surface area contributed by atoms with Crippen LogP contribution in [0.2, 0.25) is 66.5 Å². The standard InChI is InChI=1S/C80H124N4Si4.Zn/c1-33-61-62(34-2)74-70(42-46-86(52(15)16,53(17)18)54(19)20)76-65(37-5)66(38-6)78(83-76)72(44-48-88(58(27)28,59(29)30)60(31)32)80-68(40-8)67(39-7)79(84-80)71(43-47-87(55(21)22,56(23)24)57(25)26)77-64(36-4)63(35-3)75(82-77)69(73(61)81-74)41-45-85(49(9)10,50(11)12)51(13)14;/h49-60H,33-40H2,1-32H3;/q-2;+2. The molecule has 2 aliphatic rings. The molecule has 0 atom stereocenters. The van der Waals surface area contributed by atoms with Gasteiger partial charge in [-0.2, -0.15) is 0 Å². The maximum atomic E-state index is 6.20. The van der Waals surface area contributed by atoms with Crippen LogP contribution in [0, 0.1) is 45.9 Å². The van der Waals surface area contributed by atoms with Gasteiger partial charge < -0.3 is 9.97 Å². The van der Waals surface area contributed by atoms with Crippen molar-refractivity contribution in [3.63, 3.8) is 0 Å². The molecule has 4 nitrogen and oxygen atoms in total. The van der Waals surface area contributed by atoms with Gasteiger partial charge in [0.2, 0.25) is 0 Å². The summed E-state index contributed by atoms with van der Waals surface area (Å²) in [5, 5.41) is 0. The van der Waals surface area contributed by atoms with Crippen molar-refractivity contribution in [1.82, 2.24) is 19.9 Å². The summed E-state index contributed by atoms with van der Waals surface area (Å²) in [6, 6.07) is 0. The fraction of sp³-hybridized carbons (Fsp3) is 0.650. The van der Waals surface area contributed by atoms with Crippen LogP contribution in [0.15, 0.2) is 0 Å². The Morgan fingerprint density at radius 3 is 0.607 bits per heavy atom. The number of aromatic nitrogens is 4. The SMILES string of the molecule is CCC1=C(CC)c2nc1c(C#C[Si](C(C)C)(C(C)C)C(C)C)c1nc(c(C#C[Si](C(C)C)(C(C)C)C(C)C)c3[n-]c(c(CC)c3CC)c(C#C[Si](C(C)C)(C(C)C)C(C)C)c3[n-]c(c2C#C[Si](C(C)C)(C(C)C)C(C)C)c(CC)c3CC)C(CC)=C1CC.[Zn+2]. The van der Waals surface area contributed by atoms with Gasteiger partial charge >= 0.3 is 19.5 Å². The van der Waals surface area contributed by atoms with Crippen LogP contribution in [0.3, 0.4) is 0 Å². The Morgan fingerprint density at radius 2 is 0.427 bits per heavy atom. The van der Waals surface area contributed by atoms with Crippen LogP contribution in [0.25, 0.3) is 44.4 Å². The van der Waals surface area contributed by atoms with Crippen LogP contribution >= 0.6 is 0 Å². The van der Waals surface area contributed by atoms with E-state index in [0.29, 0.717) is 66.5 Å². The molecule has 0 aliphatic carbocycles. The Kier molecular flexibility index (Phi) is 27.5. The van der Waals surface area contributed by atoms with Gasteiger partial charge in [0.25, 0.3) is 0 Å². The van der Waals surface area contributed by atoms with Crippen molar-refractivity contribution in [2.75, 3.05) is 0 Å². The van der Waals surface area contributed by atoms with Gasteiger partial charge in [0.15, 0.2) is 0 Å². The van der Waals surface area contributed by atoms with Gasteiger partial charge in [0.1, 0.15) is 32.3 Å². The second-order valence-corrected chi connectivity index (χ2v) is 52.3. The zero-order valence-electron chi connectivity index (χ0n) is 63.1. The van der Waals surface area contributed by atoms with Crippen molar-refractivity contribution in [3.8, 4) is 45.9 Å². The molecule has 0 fully saturated rings. The van der Waals surface area contributed by atoms with Crippen molar-refractivity contribution < 1.29 is 19.5 Å². The number of hydrogen-bond donors (Lipinski definition) is 0. The molecular formula is C80H124N4Si4Zn. The Labute approximate surface area is 564 Å². The maximum Gasteiger partial charge on any atom is 2.00 e. The number of nitrogens with zero attached hydrogens (tertiary/aromatic N) is 4. The van der Waals surface area contributed by atoms with E-state index in [4.69, 9.17) is 19.9 Å². The summed E-state index contributed by atoms with van der Waals surface area (Å²) < 4.78 is 0. The van der Waals surface area contributed by atoms with E-state index in [1.54, 1.807) is 0 Å². The van der Waals surface area contributed by atoms with Gasteiger partial charge in [0, 0.05) is 11.1 Å². The molecule has 3 aromatic rings. The molecule has 0 unspecified atom stereocenters. The minimum absolute atomic E-state index is 0. The van der Waals surface area contributed by atoms with Gasteiger partial charge in [0.05, 0.1) is 28.3 Å². The van der Waals surface area contributed by atoms with Gasteiger partial charge in [-0.1, -0.05) is 267 Å². The number of hydrogen-bond acceptors (Lipinski definition) is 2. The molecule has 5 rings (SSSR count). The Balaban J connectivity index is 0.0000169. The van der Waals surface area contributed by atoms with Crippen LogP contribution in [0.5, 0.6) is 0 Å². The number of allylic oxidation sites excluding steroid dienone is 4. The summed E-state index contributed by atoms with van der Waals surface area (Å²) in [4.78, 5) is 24.8. The van der Waals surface area contributed by atoms with E-state index in [-0.39, 0.29) is 19.5 Å². The largest absolute Gasteiger partial charge is 2.00 e. The van der Waals surface area contributed by atoms with E-state index in [9.17, 15) is 0 Å². The van der Waals surface area contributed by atoms with E-state index in [0.717, 1.165) is 118 Å². The molecule has 0 aromatic carbocycles. The summed E-state index contributed by atoms with van der Waals surface area (Å²) in [5.41, 5.74) is 44.2. The summed E-state index contributed by atoms with van der Waals surface area (Å²) in [5.74, 6) is 16.8. The van der Waals surface area contributed by atoms with Crippen molar-refractivity contribution in [2.45, 2.75) is 339 Å². The first kappa shape index (κ1) is 77.8. The van der Waals surface area contributed by atoms with E-state index in [1.807, 2.05) is 0 Å². The Morgan fingerprint density at radius 1 is 0.258 bits per heavy atom. The molecule has 3 aromatic heterocycles. The first-order valence-corrected chi connectivity index (χ1v) is 44.5. The smallest absolute Gasteiger partial charge is 0.655 e. The summed E-state index contributed by atoms with van der Waals surface area (Å²) >= 11 is 0. The molecule has 0 amide bonds. The molecule has 0 radical (unpaired) electrons. The quantitative estimate of drug-likeness (QED) is 0.0836. The average Bonchev–Trinajstić information content (AvgIpc) is 1.65. The molecule has 8 bridgehead atoms. The fourth-order valence-corrected chi connectivity index (χ4v) is 39.0. The molecule has 2 aliphatic heterocycles. The molecule has 5 heterocycles. The van der Waals surface area contributed by atoms with Crippen molar-refractivity contribution in [2.24, 2.45) is 0 Å². The minimum Gasteiger partial charge on any atom is -0.655 e. The van der Waals surface area contributed by atoms with Crippen LogP contribution < -0.4 is 9.97 Å². The van der Waals surface area contributed by atoms with Crippen molar-refractivity contribution >= 4 is 76.7 Å². The van der Waals surface area contributed by atoms with Gasteiger partial charge in [-0.05, 0) is 146 Å². The van der Waals surface area contributed by atoms with Crippen LogP contribution in [-0.4, -0.2) is 42.3 Å². The summed E-state index contributed by atoms with van der Waals surface area (Å²) in [6.45, 7) is 77.1. The number of fused-ring (bicyclic) bond motifs is 8. The zero-order valence-corrected chi connectivity index (χ0v) is 70.0. The Bertz CT molecular complexity index is 3270. The van der Waals surface area contributed by atoms with E-state index >= 15 is 0 Å². The molecule has 482 valence electrons. The fourth-order valence-electron chi connectivity index (χ4n) is 18.2. The van der Waals surface area contributed by atoms with Crippen LogP contribution in [0.4, 0.5) is 0 Å². The van der Waals surface area contributed by atoms with Crippen LogP contribution in [0.1, 0.15) is 315 Å². The molecule has 89 heavy (non-hydrogen) atoms. The summed E-state index contributed by atoms with van der Waals surface area (Å²) in [6.07, 6.45) is 6.39. The predicted octanol–water partition coefficient (Wildman–Crippen LogP) is 23.6. The molecule has 0 saturated heterocycles. The first-order valence-electron chi connectivity index (χ1n) is 35.6. The maximum absolute atomic E-state index is 6.20. The van der Waals surface area contributed by atoms with Crippen molar-refractivity contribution in [1.29, 1.82) is 0 Å². The molecule has 0 spiro atoms. The van der Waals surface area contributed by atoms with Gasteiger partial charge in [-0.3, -0.25) is 0 Å². The molecule has 9 heteroatoms. The minimum atomic E-state index is -2.31. The number of aryl methyl sites for hydroxylation is 4. The van der Waals surface area contributed by atoms with Gasteiger partial charge in [-0.15, -0.1) is 44.2 Å². The van der Waals surface area contributed by atoms with Gasteiger partial charge in [-0.25, -0.2) is 9.97 Å². The Hall–Kier alpha value is -3.67. The molecule has 0 saturated carbocycles. The zero-order chi connectivity index (χ0) is 66.6. The first-order chi connectivity index (χ1) is 41.2. The second-order valence-electron chi connectivity index (χ2n) is 30.0. The third-order valence-corrected chi connectivity index (χ3v) is 47.6. The monoisotopic (exact) mass is 1320 g/mol.